The number of esters is 1. The van der Waals surface area contributed by atoms with Crippen molar-refractivity contribution >= 4 is 27.8 Å². The van der Waals surface area contributed by atoms with Crippen LogP contribution in [0.4, 0.5) is 0 Å². The molecule has 0 fully saturated rings. The van der Waals surface area contributed by atoms with Crippen LogP contribution in [0.15, 0.2) is 23.1 Å². The van der Waals surface area contributed by atoms with Crippen molar-refractivity contribution in [2.45, 2.75) is 23.5 Å². The van der Waals surface area contributed by atoms with E-state index in [1.165, 1.54) is 17.8 Å². The zero-order valence-electron chi connectivity index (χ0n) is 12.3. The fourth-order valence-corrected chi connectivity index (χ4v) is 2.93. The Balaban J connectivity index is 3.07. The van der Waals surface area contributed by atoms with Gasteiger partial charge in [-0.3, -0.25) is 0 Å². The predicted molar refractivity (Wildman–Crippen MR) is 82.2 cm³/mol. The zero-order valence-corrected chi connectivity index (χ0v) is 14.0. The molecule has 118 valence electrons. The third-order valence-corrected chi connectivity index (χ3v) is 5.57. The predicted octanol–water partition coefficient (Wildman–Crippen LogP) is 1.60. The van der Waals surface area contributed by atoms with E-state index in [-0.39, 0.29) is 27.5 Å². The first kappa shape index (κ1) is 17.8. The number of thioether (sulfide) groups is 1. The van der Waals surface area contributed by atoms with Crippen LogP contribution in [-0.2, 0) is 14.8 Å². The number of aromatic hydroxyl groups is 1. The summed E-state index contributed by atoms with van der Waals surface area (Å²) in [5.41, 5.74) is -0.190. The van der Waals surface area contributed by atoms with Crippen molar-refractivity contribution in [3.63, 3.8) is 0 Å². The van der Waals surface area contributed by atoms with E-state index < -0.39 is 16.0 Å². The van der Waals surface area contributed by atoms with Gasteiger partial charge in [0.1, 0.15) is 11.3 Å². The van der Waals surface area contributed by atoms with Crippen molar-refractivity contribution in [1.29, 1.82) is 0 Å². The highest BCUT2D eigenvalue weighted by Gasteiger charge is 2.23. The maximum Gasteiger partial charge on any atom is 0.341 e. The molecule has 0 saturated heterocycles. The molecule has 0 radical (unpaired) electrons. The van der Waals surface area contributed by atoms with Gasteiger partial charge in [0.15, 0.2) is 0 Å². The SMILES string of the molecule is COC(=O)c1cc(S(=O)(=O)NCC(C)(C)SC)ccc1O. The van der Waals surface area contributed by atoms with Crippen molar-refractivity contribution in [1.82, 2.24) is 4.72 Å². The number of phenolic OH excluding ortho intramolecular Hbond substituents is 1. The number of phenols is 1. The molecule has 0 spiro atoms. The minimum Gasteiger partial charge on any atom is -0.507 e. The molecule has 0 saturated carbocycles. The highest BCUT2D eigenvalue weighted by atomic mass is 32.2. The van der Waals surface area contributed by atoms with Crippen LogP contribution in [0, 0.1) is 0 Å². The Labute approximate surface area is 128 Å². The molecule has 8 heteroatoms. The Bertz CT molecular complexity index is 625. The van der Waals surface area contributed by atoms with Crippen LogP contribution in [0.3, 0.4) is 0 Å². The van der Waals surface area contributed by atoms with E-state index in [0.29, 0.717) is 0 Å². The number of nitrogens with one attached hydrogen (secondary N) is 1. The van der Waals surface area contributed by atoms with Gasteiger partial charge in [0.05, 0.1) is 12.0 Å². The van der Waals surface area contributed by atoms with E-state index in [9.17, 15) is 18.3 Å². The molecule has 21 heavy (non-hydrogen) atoms. The van der Waals surface area contributed by atoms with Gasteiger partial charge in [-0.2, -0.15) is 11.8 Å². The Morgan fingerprint density at radius 1 is 1.43 bits per heavy atom. The minimum absolute atomic E-state index is 0.0994. The molecule has 0 heterocycles. The highest BCUT2D eigenvalue weighted by Crippen LogP contribution is 2.24. The molecule has 0 aliphatic carbocycles. The van der Waals surface area contributed by atoms with Crippen molar-refractivity contribution in [3.8, 4) is 5.75 Å². The maximum atomic E-state index is 12.2. The Kier molecular flexibility index (Phi) is 5.66. The first-order chi connectivity index (χ1) is 9.63. The molecule has 1 rings (SSSR count). The van der Waals surface area contributed by atoms with E-state index in [4.69, 9.17) is 0 Å². The number of hydrogen-bond acceptors (Lipinski definition) is 6. The third-order valence-electron chi connectivity index (χ3n) is 2.92. The summed E-state index contributed by atoms with van der Waals surface area (Å²) in [5.74, 6) is -1.13. The number of carbonyl (C=O) groups is 1. The molecule has 1 aromatic carbocycles. The van der Waals surface area contributed by atoms with Crippen molar-refractivity contribution in [2.24, 2.45) is 0 Å². The average molecular weight is 333 g/mol. The Hall–Kier alpha value is -1.25. The second kappa shape index (κ2) is 6.67. The smallest absolute Gasteiger partial charge is 0.341 e. The lowest BCUT2D eigenvalue weighted by Crippen LogP contribution is -2.36. The van der Waals surface area contributed by atoms with E-state index in [1.807, 2.05) is 20.1 Å². The lowest BCUT2D eigenvalue weighted by Gasteiger charge is -2.22. The molecule has 0 amide bonds. The zero-order chi connectivity index (χ0) is 16.3. The Morgan fingerprint density at radius 2 is 2.05 bits per heavy atom. The quantitative estimate of drug-likeness (QED) is 0.768. The van der Waals surface area contributed by atoms with Gasteiger partial charge in [-0.25, -0.2) is 17.9 Å². The molecule has 1 aromatic rings. The number of carbonyl (C=O) groups excluding carboxylic acids is 1. The summed E-state index contributed by atoms with van der Waals surface area (Å²) in [6.07, 6.45) is 1.89. The van der Waals surface area contributed by atoms with Gasteiger partial charge < -0.3 is 9.84 Å². The monoisotopic (exact) mass is 333 g/mol. The van der Waals surface area contributed by atoms with Gasteiger partial charge in [0, 0.05) is 11.3 Å². The van der Waals surface area contributed by atoms with Crippen molar-refractivity contribution in [2.75, 3.05) is 19.9 Å². The van der Waals surface area contributed by atoms with Gasteiger partial charge in [0.25, 0.3) is 0 Å². The lowest BCUT2D eigenvalue weighted by atomic mass is 10.2. The average Bonchev–Trinajstić information content (AvgIpc) is 2.45. The minimum atomic E-state index is -3.77. The lowest BCUT2D eigenvalue weighted by molar-refractivity contribution is 0.0597. The second-order valence-electron chi connectivity index (χ2n) is 4.96. The van der Waals surface area contributed by atoms with E-state index in [2.05, 4.69) is 9.46 Å². The number of ether oxygens (including phenoxy) is 1. The van der Waals surface area contributed by atoms with Crippen molar-refractivity contribution in [3.05, 3.63) is 23.8 Å². The van der Waals surface area contributed by atoms with Crippen LogP contribution in [0.2, 0.25) is 0 Å². The summed E-state index contributed by atoms with van der Waals surface area (Å²) in [6.45, 7) is 4.07. The van der Waals surface area contributed by atoms with Gasteiger partial charge in [0.2, 0.25) is 10.0 Å². The van der Waals surface area contributed by atoms with Gasteiger partial charge in [-0.15, -0.1) is 0 Å². The fraction of sp³-hybridized carbons (Fsp3) is 0.462. The number of methoxy groups -OCH3 is 1. The molecular formula is C13H19NO5S2. The number of rotatable bonds is 6. The number of benzene rings is 1. The summed E-state index contributed by atoms with van der Waals surface area (Å²) in [4.78, 5) is 11.4. The van der Waals surface area contributed by atoms with Gasteiger partial charge in [-0.1, -0.05) is 0 Å². The van der Waals surface area contributed by atoms with E-state index in [0.717, 1.165) is 19.2 Å². The van der Waals surface area contributed by atoms with Crippen LogP contribution in [0.5, 0.6) is 5.75 Å². The summed E-state index contributed by atoms with van der Waals surface area (Å²) in [7, 11) is -2.61. The molecular weight excluding hydrogens is 314 g/mol. The van der Waals surface area contributed by atoms with E-state index >= 15 is 0 Å². The van der Waals surface area contributed by atoms with Crippen LogP contribution in [0.25, 0.3) is 0 Å². The molecule has 2 N–H and O–H groups in total. The van der Waals surface area contributed by atoms with E-state index in [1.54, 1.807) is 0 Å². The maximum absolute atomic E-state index is 12.2. The van der Waals surface area contributed by atoms with Crippen LogP contribution >= 0.6 is 11.8 Å². The first-order valence-corrected chi connectivity index (χ1v) is 8.80. The molecule has 0 aromatic heterocycles. The van der Waals surface area contributed by atoms with Gasteiger partial charge in [-0.05, 0) is 38.3 Å². The molecule has 0 aliphatic rings. The fourth-order valence-electron chi connectivity index (χ4n) is 1.38. The normalized spacial score (nSPS) is 12.2. The standard InChI is InChI=1S/C13H19NO5S2/c1-13(2,20-4)8-14-21(17,18)9-5-6-11(15)10(7-9)12(16)19-3/h5-7,14-15H,8H2,1-4H3. The highest BCUT2D eigenvalue weighted by molar-refractivity contribution is 8.00. The largest absolute Gasteiger partial charge is 0.507 e. The van der Waals surface area contributed by atoms with Crippen molar-refractivity contribution < 1.29 is 23.1 Å². The van der Waals surface area contributed by atoms with Gasteiger partial charge >= 0.3 is 5.97 Å². The topological polar surface area (TPSA) is 92.7 Å². The molecule has 0 aliphatic heterocycles. The molecule has 0 unspecified atom stereocenters. The molecule has 0 bridgehead atoms. The van der Waals surface area contributed by atoms with Crippen LogP contribution in [-0.4, -0.2) is 44.2 Å². The summed E-state index contributed by atoms with van der Waals surface area (Å²) < 4.78 is 31.2. The third kappa shape index (κ3) is 4.62. The summed E-state index contributed by atoms with van der Waals surface area (Å²) in [6, 6.07) is 3.48. The second-order valence-corrected chi connectivity index (χ2v) is 8.24. The molecule has 6 nitrogen and oxygen atoms in total. The molecule has 0 atom stereocenters. The number of sulfonamides is 1. The first-order valence-electron chi connectivity index (χ1n) is 6.09. The van der Waals surface area contributed by atoms with Crippen LogP contribution < -0.4 is 4.72 Å². The number of hydrogen-bond donors (Lipinski definition) is 2. The summed E-state index contributed by atoms with van der Waals surface area (Å²) in [5, 5.41) is 9.58. The van der Waals surface area contributed by atoms with Crippen LogP contribution in [0.1, 0.15) is 24.2 Å². The Morgan fingerprint density at radius 3 is 2.57 bits per heavy atom. The summed E-state index contributed by atoms with van der Waals surface area (Å²) >= 11 is 1.54.